The lowest BCUT2D eigenvalue weighted by atomic mass is 10.1. The quantitative estimate of drug-likeness (QED) is 0.889. The molecule has 0 spiro atoms. The van der Waals surface area contributed by atoms with Crippen LogP contribution in [-0.2, 0) is 0 Å². The number of hydrogen-bond acceptors (Lipinski definition) is 4. The molecule has 1 saturated heterocycles. The number of nitrogens with zero attached hydrogens (tertiary/aromatic N) is 1. The molecular weight excluding hydrogens is 268 g/mol. The van der Waals surface area contributed by atoms with Crippen LogP contribution in [0.2, 0.25) is 0 Å². The van der Waals surface area contributed by atoms with Gasteiger partial charge < -0.3 is 19.7 Å². The van der Waals surface area contributed by atoms with E-state index in [1.54, 1.807) is 23.1 Å². The van der Waals surface area contributed by atoms with Crippen LogP contribution in [0.5, 0.6) is 11.5 Å². The van der Waals surface area contributed by atoms with E-state index in [4.69, 9.17) is 9.47 Å². The fraction of sp³-hybridized carbons (Fsp3) is 0.462. The number of rotatable bonds is 2. The number of carbonyl (C=O) groups is 1. The standard InChI is InChI=1S/C13H16N2O3.ClH/c1-15(10-4-5-14-7-10)13(16)9-2-3-11-12(6-9)18-8-17-11;/h2-3,6,10,14H,4-5,7-8H2,1H3;1H. The van der Waals surface area contributed by atoms with Crippen LogP contribution in [0.4, 0.5) is 0 Å². The zero-order valence-electron chi connectivity index (χ0n) is 10.7. The van der Waals surface area contributed by atoms with Crippen LogP contribution in [-0.4, -0.2) is 43.8 Å². The molecule has 0 bridgehead atoms. The summed E-state index contributed by atoms with van der Waals surface area (Å²) in [5, 5.41) is 3.26. The van der Waals surface area contributed by atoms with Crippen molar-refractivity contribution in [1.29, 1.82) is 0 Å². The van der Waals surface area contributed by atoms with Crippen LogP contribution in [0.1, 0.15) is 16.8 Å². The van der Waals surface area contributed by atoms with Gasteiger partial charge in [0.1, 0.15) is 0 Å². The Hall–Kier alpha value is -1.46. The van der Waals surface area contributed by atoms with E-state index in [1.807, 2.05) is 7.05 Å². The number of nitrogens with one attached hydrogen (secondary N) is 1. The predicted octanol–water partition coefficient (Wildman–Crippen LogP) is 1.27. The van der Waals surface area contributed by atoms with Crippen LogP contribution >= 0.6 is 12.4 Å². The number of carbonyl (C=O) groups excluding carboxylic acids is 1. The summed E-state index contributed by atoms with van der Waals surface area (Å²) in [6, 6.07) is 5.61. The lowest BCUT2D eigenvalue weighted by Crippen LogP contribution is -2.38. The molecule has 1 fully saturated rings. The smallest absolute Gasteiger partial charge is 0.254 e. The number of hydrogen-bond donors (Lipinski definition) is 1. The van der Waals surface area contributed by atoms with Gasteiger partial charge in [0.15, 0.2) is 11.5 Å². The Kier molecular flexibility index (Phi) is 4.17. The number of ether oxygens (including phenoxy) is 2. The molecule has 1 unspecified atom stereocenters. The van der Waals surface area contributed by atoms with Crippen molar-refractivity contribution >= 4 is 18.3 Å². The minimum absolute atomic E-state index is 0. The van der Waals surface area contributed by atoms with Crippen molar-refractivity contribution in [2.45, 2.75) is 12.5 Å². The lowest BCUT2D eigenvalue weighted by Gasteiger charge is -2.23. The molecule has 2 heterocycles. The highest BCUT2D eigenvalue weighted by Gasteiger charge is 2.25. The number of amides is 1. The maximum atomic E-state index is 12.3. The first-order valence-electron chi connectivity index (χ1n) is 6.13. The average molecular weight is 285 g/mol. The minimum Gasteiger partial charge on any atom is -0.454 e. The molecule has 1 atom stereocenters. The third-order valence-corrected chi connectivity index (χ3v) is 3.52. The molecule has 19 heavy (non-hydrogen) atoms. The molecule has 1 N–H and O–H groups in total. The van der Waals surface area contributed by atoms with Gasteiger partial charge in [-0.3, -0.25) is 4.79 Å². The highest BCUT2D eigenvalue weighted by Crippen LogP contribution is 2.32. The Labute approximate surface area is 118 Å². The Morgan fingerprint density at radius 2 is 2.16 bits per heavy atom. The van der Waals surface area contributed by atoms with Gasteiger partial charge in [0, 0.05) is 25.2 Å². The van der Waals surface area contributed by atoms with E-state index in [0.29, 0.717) is 17.1 Å². The van der Waals surface area contributed by atoms with Gasteiger partial charge in [0.05, 0.1) is 0 Å². The molecule has 1 aromatic carbocycles. The number of halogens is 1. The molecular formula is C13H17ClN2O3. The molecule has 0 saturated carbocycles. The van der Waals surface area contributed by atoms with Crippen molar-refractivity contribution in [2.75, 3.05) is 26.9 Å². The Balaban J connectivity index is 0.00000133. The summed E-state index contributed by atoms with van der Waals surface area (Å²) in [5.41, 5.74) is 0.647. The second-order valence-corrected chi connectivity index (χ2v) is 4.63. The minimum atomic E-state index is 0. The normalized spacial score (nSPS) is 19.9. The van der Waals surface area contributed by atoms with E-state index in [2.05, 4.69) is 5.32 Å². The first-order valence-corrected chi connectivity index (χ1v) is 6.13. The Morgan fingerprint density at radius 1 is 1.37 bits per heavy atom. The second-order valence-electron chi connectivity index (χ2n) is 4.63. The molecule has 0 aromatic heterocycles. The summed E-state index contributed by atoms with van der Waals surface area (Å²) in [4.78, 5) is 14.1. The highest BCUT2D eigenvalue weighted by molar-refractivity contribution is 5.95. The zero-order chi connectivity index (χ0) is 12.5. The first-order chi connectivity index (χ1) is 8.75. The summed E-state index contributed by atoms with van der Waals surface area (Å²) in [7, 11) is 1.85. The summed E-state index contributed by atoms with van der Waals surface area (Å²) in [6.07, 6.45) is 1.01. The molecule has 1 amide bonds. The van der Waals surface area contributed by atoms with Gasteiger partial charge in [-0.25, -0.2) is 0 Å². The third-order valence-electron chi connectivity index (χ3n) is 3.52. The monoisotopic (exact) mass is 284 g/mol. The van der Waals surface area contributed by atoms with E-state index in [1.165, 1.54) is 0 Å². The molecule has 3 rings (SSSR count). The van der Waals surface area contributed by atoms with Crippen LogP contribution in [0.25, 0.3) is 0 Å². The fourth-order valence-electron chi connectivity index (χ4n) is 2.37. The zero-order valence-corrected chi connectivity index (χ0v) is 11.5. The fourth-order valence-corrected chi connectivity index (χ4v) is 2.37. The van der Waals surface area contributed by atoms with E-state index < -0.39 is 0 Å². The van der Waals surface area contributed by atoms with Crippen molar-refractivity contribution in [3.63, 3.8) is 0 Å². The van der Waals surface area contributed by atoms with Gasteiger partial charge in [0.25, 0.3) is 5.91 Å². The molecule has 104 valence electrons. The number of fused-ring (bicyclic) bond motifs is 1. The van der Waals surface area contributed by atoms with Crippen molar-refractivity contribution in [3.05, 3.63) is 23.8 Å². The Bertz CT molecular complexity index is 475. The summed E-state index contributed by atoms with van der Waals surface area (Å²) in [5.74, 6) is 1.39. The Morgan fingerprint density at radius 3 is 2.89 bits per heavy atom. The van der Waals surface area contributed by atoms with Gasteiger partial charge in [-0.1, -0.05) is 0 Å². The first kappa shape index (κ1) is 14.0. The summed E-state index contributed by atoms with van der Waals surface area (Å²) in [6.45, 7) is 2.07. The molecule has 0 radical (unpaired) electrons. The SMILES string of the molecule is CN(C(=O)c1ccc2c(c1)OCO2)C1CCNC1.Cl. The molecule has 5 nitrogen and oxygen atoms in total. The largest absolute Gasteiger partial charge is 0.454 e. The van der Waals surface area contributed by atoms with Gasteiger partial charge in [0.2, 0.25) is 6.79 Å². The van der Waals surface area contributed by atoms with Crippen LogP contribution in [0.15, 0.2) is 18.2 Å². The van der Waals surface area contributed by atoms with E-state index in [-0.39, 0.29) is 31.1 Å². The molecule has 0 aliphatic carbocycles. The van der Waals surface area contributed by atoms with Gasteiger partial charge in [-0.15, -0.1) is 12.4 Å². The van der Waals surface area contributed by atoms with Crippen LogP contribution in [0.3, 0.4) is 0 Å². The third kappa shape index (κ3) is 2.62. The highest BCUT2D eigenvalue weighted by atomic mass is 35.5. The second kappa shape index (κ2) is 5.67. The lowest BCUT2D eigenvalue weighted by molar-refractivity contribution is 0.0743. The summed E-state index contributed by atoms with van der Waals surface area (Å²) >= 11 is 0. The van der Waals surface area contributed by atoms with Crippen molar-refractivity contribution in [1.82, 2.24) is 10.2 Å². The van der Waals surface area contributed by atoms with Crippen molar-refractivity contribution in [2.24, 2.45) is 0 Å². The predicted molar refractivity (Wildman–Crippen MR) is 73.2 cm³/mol. The van der Waals surface area contributed by atoms with Gasteiger partial charge in [-0.05, 0) is 31.2 Å². The van der Waals surface area contributed by atoms with Crippen molar-refractivity contribution in [3.8, 4) is 11.5 Å². The van der Waals surface area contributed by atoms with Crippen LogP contribution < -0.4 is 14.8 Å². The maximum absolute atomic E-state index is 12.3. The van der Waals surface area contributed by atoms with E-state index >= 15 is 0 Å². The van der Waals surface area contributed by atoms with E-state index in [0.717, 1.165) is 19.5 Å². The maximum Gasteiger partial charge on any atom is 0.254 e. The molecule has 6 heteroatoms. The van der Waals surface area contributed by atoms with Crippen LogP contribution in [0, 0.1) is 0 Å². The van der Waals surface area contributed by atoms with Gasteiger partial charge >= 0.3 is 0 Å². The molecule has 2 aliphatic heterocycles. The molecule has 1 aromatic rings. The van der Waals surface area contributed by atoms with Gasteiger partial charge in [-0.2, -0.15) is 0 Å². The molecule has 2 aliphatic rings. The van der Waals surface area contributed by atoms with E-state index in [9.17, 15) is 4.79 Å². The number of likely N-dealkylation sites (N-methyl/N-ethyl adjacent to an activating group) is 1. The average Bonchev–Trinajstić information content (AvgIpc) is 3.06. The van der Waals surface area contributed by atoms with Crippen molar-refractivity contribution < 1.29 is 14.3 Å². The topological polar surface area (TPSA) is 50.8 Å². The number of benzene rings is 1. The summed E-state index contributed by atoms with van der Waals surface area (Å²) < 4.78 is 10.5.